The molecule has 2 bridgehead atoms. The van der Waals surface area contributed by atoms with Crippen LogP contribution in [-0.4, -0.2) is 42.1 Å². The summed E-state index contributed by atoms with van der Waals surface area (Å²) in [5.74, 6) is 0. The van der Waals surface area contributed by atoms with Gasteiger partial charge in [0.2, 0.25) is 0 Å². The summed E-state index contributed by atoms with van der Waals surface area (Å²) in [6, 6.07) is 5.84. The molecule has 2 aliphatic rings. The Labute approximate surface area is 122 Å². The van der Waals surface area contributed by atoms with E-state index < -0.39 is 0 Å². The Morgan fingerprint density at radius 2 is 2.10 bits per heavy atom. The molecule has 2 aliphatic heterocycles. The van der Waals surface area contributed by atoms with Crippen LogP contribution < -0.4 is 10.6 Å². The highest BCUT2D eigenvalue weighted by molar-refractivity contribution is 5.45. The summed E-state index contributed by atoms with van der Waals surface area (Å²) in [6.07, 6.45) is 6.92. The molecule has 1 aromatic rings. The standard InChI is InChI=1S/C16H26N4/c1-3-15(17)16-7-6-13(10-18-16)20-9-8-12-4-5-14(11-20)19(12)2/h6-7,10,12,14-15H,3-5,8-9,11,17H2,1-2H3/t12?,14?,15-/m1/s1. The number of nitrogens with zero attached hydrogens (tertiary/aromatic N) is 3. The Kier molecular flexibility index (Phi) is 3.94. The molecule has 0 spiro atoms. The maximum absolute atomic E-state index is 6.03. The van der Waals surface area contributed by atoms with Gasteiger partial charge in [-0.05, 0) is 44.9 Å². The van der Waals surface area contributed by atoms with E-state index in [1.807, 2.05) is 6.20 Å². The highest BCUT2D eigenvalue weighted by Crippen LogP contribution is 2.30. The van der Waals surface area contributed by atoms with Crippen LogP contribution >= 0.6 is 0 Å². The summed E-state index contributed by atoms with van der Waals surface area (Å²) in [5.41, 5.74) is 8.29. The average molecular weight is 274 g/mol. The van der Waals surface area contributed by atoms with E-state index in [0.717, 1.165) is 31.2 Å². The molecule has 110 valence electrons. The minimum absolute atomic E-state index is 0.0651. The van der Waals surface area contributed by atoms with E-state index in [0.29, 0.717) is 6.04 Å². The molecule has 0 saturated carbocycles. The number of anilines is 1. The van der Waals surface area contributed by atoms with Crippen molar-refractivity contribution in [2.75, 3.05) is 25.0 Å². The summed E-state index contributed by atoms with van der Waals surface area (Å²) >= 11 is 0. The number of hydrogen-bond donors (Lipinski definition) is 1. The topological polar surface area (TPSA) is 45.4 Å². The van der Waals surface area contributed by atoms with Crippen LogP contribution in [0.25, 0.3) is 0 Å². The monoisotopic (exact) mass is 274 g/mol. The molecule has 2 unspecified atom stereocenters. The van der Waals surface area contributed by atoms with Gasteiger partial charge in [-0.3, -0.25) is 9.88 Å². The molecule has 4 nitrogen and oxygen atoms in total. The zero-order chi connectivity index (χ0) is 14.1. The van der Waals surface area contributed by atoms with Gasteiger partial charge in [-0.2, -0.15) is 0 Å². The molecule has 0 radical (unpaired) electrons. The van der Waals surface area contributed by atoms with Gasteiger partial charge in [0, 0.05) is 31.2 Å². The van der Waals surface area contributed by atoms with Crippen molar-refractivity contribution in [3.63, 3.8) is 0 Å². The fourth-order valence-electron chi connectivity index (χ4n) is 3.56. The van der Waals surface area contributed by atoms with Gasteiger partial charge < -0.3 is 10.6 Å². The average Bonchev–Trinajstić information content (AvgIpc) is 2.72. The maximum Gasteiger partial charge on any atom is 0.0572 e. The summed E-state index contributed by atoms with van der Waals surface area (Å²) in [5, 5.41) is 0. The molecule has 2 N–H and O–H groups in total. The lowest BCUT2D eigenvalue weighted by atomic mass is 10.1. The van der Waals surface area contributed by atoms with E-state index in [4.69, 9.17) is 5.73 Å². The van der Waals surface area contributed by atoms with Crippen LogP contribution in [0, 0.1) is 0 Å². The summed E-state index contributed by atoms with van der Waals surface area (Å²) in [4.78, 5) is 9.63. The van der Waals surface area contributed by atoms with Crippen LogP contribution in [0.1, 0.15) is 44.3 Å². The number of hydrogen-bond acceptors (Lipinski definition) is 4. The third-order valence-electron chi connectivity index (χ3n) is 5.10. The molecular weight excluding hydrogens is 248 g/mol. The van der Waals surface area contributed by atoms with Gasteiger partial charge in [0.1, 0.15) is 0 Å². The van der Waals surface area contributed by atoms with E-state index in [1.54, 1.807) is 0 Å². The first-order valence-electron chi connectivity index (χ1n) is 7.87. The van der Waals surface area contributed by atoms with Crippen LogP contribution in [-0.2, 0) is 0 Å². The fourth-order valence-corrected chi connectivity index (χ4v) is 3.56. The van der Waals surface area contributed by atoms with E-state index in [2.05, 4.69) is 40.9 Å². The second-order valence-corrected chi connectivity index (χ2v) is 6.24. The van der Waals surface area contributed by atoms with Gasteiger partial charge in [-0.25, -0.2) is 0 Å². The maximum atomic E-state index is 6.03. The van der Waals surface area contributed by atoms with Gasteiger partial charge in [-0.15, -0.1) is 0 Å². The molecule has 2 saturated heterocycles. The molecule has 4 heteroatoms. The molecule has 1 aromatic heterocycles. The summed E-state index contributed by atoms with van der Waals surface area (Å²) < 4.78 is 0. The molecule has 0 amide bonds. The van der Waals surface area contributed by atoms with E-state index in [1.165, 1.54) is 24.9 Å². The predicted octanol–water partition coefficient (Wildman–Crippen LogP) is 2.16. The largest absolute Gasteiger partial charge is 0.369 e. The Morgan fingerprint density at radius 3 is 2.80 bits per heavy atom. The van der Waals surface area contributed by atoms with E-state index in [9.17, 15) is 0 Å². The first kappa shape index (κ1) is 13.8. The van der Waals surface area contributed by atoms with Crippen LogP contribution in [0.2, 0.25) is 0 Å². The van der Waals surface area contributed by atoms with Crippen molar-refractivity contribution in [2.24, 2.45) is 5.73 Å². The summed E-state index contributed by atoms with van der Waals surface area (Å²) in [6.45, 7) is 4.38. The van der Waals surface area contributed by atoms with Crippen molar-refractivity contribution in [3.05, 3.63) is 24.0 Å². The molecule has 0 aliphatic carbocycles. The highest BCUT2D eigenvalue weighted by Gasteiger charge is 2.34. The predicted molar refractivity (Wildman–Crippen MR) is 82.9 cm³/mol. The van der Waals surface area contributed by atoms with E-state index >= 15 is 0 Å². The third kappa shape index (κ3) is 2.54. The Balaban J connectivity index is 1.73. The number of aromatic nitrogens is 1. The van der Waals surface area contributed by atoms with Gasteiger partial charge in [0.15, 0.2) is 0 Å². The van der Waals surface area contributed by atoms with Crippen LogP contribution in [0.15, 0.2) is 18.3 Å². The van der Waals surface area contributed by atoms with Crippen molar-refractivity contribution in [3.8, 4) is 0 Å². The van der Waals surface area contributed by atoms with Crippen LogP contribution in [0.4, 0.5) is 5.69 Å². The van der Waals surface area contributed by atoms with E-state index in [-0.39, 0.29) is 6.04 Å². The van der Waals surface area contributed by atoms with Crippen molar-refractivity contribution < 1.29 is 0 Å². The lowest BCUT2D eigenvalue weighted by Crippen LogP contribution is -2.36. The molecule has 3 rings (SSSR count). The molecule has 3 heterocycles. The van der Waals surface area contributed by atoms with Crippen molar-refractivity contribution >= 4 is 5.69 Å². The smallest absolute Gasteiger partial charge is 0.0572 e. The zero-order valence-electron chi connectivity index (χ0n) is 12.6. The van der Waals surface area contributed by atoms with Crippen LogP contribution in [0.5, 0.6) is 0 Å². The van der Waals surface area contributed by atoms with Gasteiger partial charge in [-0.1, -0.05) is 6.92 Å². The molecule has 3 atom stereocenters. The second kappa shape index (κ2) is 5.70. The van der Waals surface area contributed by atoms with Gasteiger partial charge in [0.05, 0.1) is 17.6 Å². The molecular formula is C16H26N4. The first-order chi connectivity index (χ1) is 9.69. The van der Waals surface area contributed by atoms with Crippen molar-refractivity contribution in [2.45, 2.75) is 50.7 Å². The normalized spacial score (nSPS) is 28.4. The van der Waals surface area contributed by atoms with Gasteiger partial charge in [0.25, 0.3) is 0 Å². The quantitative estimate of drug-likeness (QED) is 0.917. The number of nitrogens with two attached hydrogens (primary N) is 1. The summed E-state index contributed by atoms with van der Waals surface area (Å²) in [7, 11) is 2.29. The van der Waals surface area contributed by atoms with Crippen LogP contribution in [0.3, 0.4) is 0 Å². The Bertz CT molecular complexity index is 444. The van der Waals surface area contributed by atoms with Crippen molar-refractivity contribution in [1.82, 2.24) is 9.88 Å². The Hall–Kier alpha value is -1.13. The zero-order valence-corrected chi connectivity index (χ0v) is 12.6. The number of fused-ring (bicyclic) bond motifs is 2. The minimum atomic E-state index is 0.0651. The van der Waals surface area contributed by atoms with Crippen molar-refractivity contribution in [1.29, 1.82) is 0 Å². The Morgan fingerprint density at radius 1 is 1.30 bits per heavy atom. The highest BCUT2D eigenvalue weighted by atomic mass is 15.3. The SMILES string of the molecule is CC[C@@H](N)c1ccc(N2CCC3CCC(C2)N3C)cn1. The fraction of sp³-hybridized carbons (Fsp3) is 0.688. The second-order valence-electron chi connectivity index (χ2n) is 6.24. The third-order valence-corrected chi connectivity index (χ3v) is 5.10. The number of likely N-dealkylation sites (N-methyl/N-ethyl adjacent to an activating group) is 1. The lowest BCUT2D eigenvalue weighted by molar-refractivity contribution is 0.254. The molecule has 2 fully saturated rings. The number of rotatable bonds is 3. The molecule has 20 heavy (non-hydrogen) atoms. The number of pyridine rings is 1. The van der Waals surface area contributed by atoms with Gasteiger partial charge >= 0.3 is 0 Å². The minimum Gasteiger partial charge on any atom is -0.369 e. The molecule has 0 aromatic carbocycles. The first-order valence-corrected chi connectivity index (χ1v) is 7.87. The lowest BCUT2D eigenvalue weighted by Gasteiger charge is -2.27.